The van der Waals surface area contributed by atoms with Crippen molar-refractivity contribution < 1.29 is 29.1 Å². The largest absolute Gasteiger partial charge is 0.543 e. The second kappa shape index (κ2) is 7.44. The molecule has 0 aromatic heterocycles. The Morgan fingerprint density at radius 3 is 1.67 bits per heavy atom. The Morgan fingerprint density at radius 2 is 1.67 bits per heavy atom. The van der Waals surface area contributed by atoms with Crippen molar-refractivity contribution in [3.63, 3.8) is 0 Å². The molecule has 1 N–H and O–H groups in total. The molecule has 0 aliphatic rings. The summed E-state index contributed by atoms with van der Waals surface area (Å²) in [6, 6.07) is -1.50. The van der Waals surface area contributed by atoms with E-state index >= 15 is 0 Å². The predicted molar refractivity (Wildman–Crippen MR) is 63.4 cm³/mol. The fraction of sp³-hybridized carbons (Fsp3) is 0.545. The van der Waals surface area contributed by atoms with Gasteiger partial charge in [-0.15, -0.1) is 0 Å². The first kappa shape index (κ1) is 18.5. The minimum Gasteiger partial charge on any atom is -0.543 e. The third kappa shape index (κ3) is 7.39. The van der Waals surface area contributed by atoms with Crippen LogP contribution in [0.3, 0.4) is 0 Å². The number of amides is 1. The molecule has 7 nitrogen and oxygen atoms in total. The van der Waals surface area contributed by atoms with Crippen molar-refractivity contribution in [3.8, 4) is 0 Å². The van der Waals surface area contributed by atoms with E-state index in [1.807, 2.05) is 0 Å². The maximum absolute atomic E-state index is 10.4. The molecule has 1 amide bonds. The molecular formula is C11H20N2O5. The second-order valence-electron chi connectivity index (χ2n) is 4.61. The van der Waals surface area contributed by atoms with Gasteiger partial charge in [-0.25, -0.2) is 4.79 Å². The highest BCUT2D eigenvalue weighted by atomic mass is 16.4. The van der Waals surface area contributed by atoms with Crippen LogP contribution in [0.4, 0.5) is 0 Å². The zero-order chi connectivity index (χ0) is 15.1. The first-order valence-corrected chi connectivity index (χ1v) is 5.03. The van der Waals surface area contributed by atoms with Gasteiger partial charge in [0.2, 0.25) is 11.9 Å². The lowest BCUT2D eigenvalue weighted by molar-refractivity contribution is -0.880. The summed E-state index contributed by atoms with van der Waals surface area (Å²) in [5.74, 6) is -3.00. The van der Waals surface area contributed by atoms with Gasteiger partial charge >= 0.3 is 5.97 Å². The number of quaternary nitrogens is 1. The molecule has 1 unspecified atom stereocenters. The van der Waals surface area contributed by atoms with E-state index in [0.717, 1.165) is 0 Å². The number of hydrogen-bond acceptors (Lipinski definition) is 4. The summed E-state index contributed by atoms with van der Waals surface area (Å²) in [6.07, 6.45) is 1.28. The molecule has 0 aliphatic carbocycles. The van der Waals surface area contributed by atoms with Gasteiger partial charge in [0.1, 0.15) is 5.97 Å². The zero-order valence-electron chi connectivity index (χ0n) is 11.3. The molecule has 18 heavy (non-hydrogen) atoms. The minimum absolute atomic E-state index is 0.0556. The third-order valence-electron chi connectivity index (χ3n) is 1.85. The smallest absolute Gasteiger partial charge is 0.368 e. The topological polar surface area (TPSA) is 97.7 Å². The molecule has 0 saturated heterocycles. The molecule has 1 atom stereocenters. The normalized spacial score (nSPS) is 11.6. The molecule has 104 valence electrons. The summed E-state index contributed by atoms with van der Waals surface area (Å²) in [4.78, 5) is 32.4. The lowest BCUT2D eigenvalue weighted by Gasteiger charge is -2.31. The van der Waals surface area contributed by atoms with Gasteiger partial charge < -0.3 is 24.4 Å². The third-order valence-corrected chi connectivity index (χ3v) is 1.85. The van der Waals surface area contributed by atoms with Gasteiger partial charge in [0.25, 0.3) is 0 Å². The number of nitrogens with zero attached hydrogens (tertiary/aromatic N) is 2. The predicted octanol–water partition coefficient (Wildman–Crippen LogP) is -1.84. The van der Waals surface area contributed by atoms with Crippen molar-refractivity contribution in [2.24, 2.45) is 0 Å². The molecule has 0 aromatic rings. The van der Waals surface area contributed by atoms with Gasteiger partial charge in [-0.2, -0.15) is 0 Å². The highest BCUT2D eigenvalue weighted by Gasteiger charge is 2.32. The summed E-state index contributed by atoms with van der Waals surface area (Å²) < 4.78 is -0.183. The maximum atomic E-state index is 10.4. The molecular weight excluding hydrogens is 240 g/mol. The average Bonchev–Trinajstić information content (AvgIpc) is 2.13. The van der Waals surface area contributed by atoms with Crippen LogP contribution in [0.5, 0.6) is 0 Å². The molecule has 0 spiro atoms. The lowest BCUT2D eigenvalue weighted by Crippen LogP contribution is -2.58. The fourth-order valence-corrected chi connectivity index (χ4v) is 0.931. The zero-order valence-corrected chi connectivity index (χ0v) is 11.3. The average molecular weight is 260 g/mol. The maximum Gasteiger partial charge on any atom is 0.368 e. The first-order valence-electron chi connectivity index (χ1n) is 5.03. The second-order valence-corrected chi connectivity index (χ2v) is 4.61. The summed E-state index contributed by atoms with van der Waals surface area (Å²) in [5.41, 5.74) is 0. The Hall–Kier alpha value is -1.89. The van der Waals surface area contributed by atoms with Crippen molar-refractivity contribution in [1.29, 1.82) is 0 Å². The van der Waals surface area contributed by atoms with Crippen LogP contribution >= 0.6 is 0 Å². The number of carbonyl (C=O) groups excluding carboxylic acids is 2. The van der Waals surface area contributed by atoms with Crippen LogP contribution in [0, 0.1) is 0 Å². The fourth-order valence-electron chi connectivity index (χ4n) is 0.931. The van der Waals surface area contributed by atoms with E-state index in [2.05, 4.69) is 6.58 Å². The number of carbonyl (C=O) groups is 3. The van der Waals surface area contributed by atoms with Crippen LogP contribution in [-0.2, 0) is 14.4 Å². The molecule has 0 fully saturated rings. The monoisotopic (exact) mass is 260 g/mol. The Bertz CT molecular complexity index is 317. The molecule has 0 radical (unpaired) electrons. The van der Waals surface area contributed by atoms with Crippen molar-refractivity contribution in [3.05, 3.63) is 12.7 Å². The van der Waals surface area contributed by atoms with Crippen LogP contribution in [-0.4, -0.2) is 73.6 Å². The number of likely N-dealkylation sites (N-methyl/N-ethyl adjacent to an activating group) is 2. The van der Waals surface area contributed by atoms with Crippen molar-refractivity contribution in [2.45, 2.75) is 6.04 Å². The first-order chi connectivity index (χ1) is 7.95. The van der Waals surface area contributed by atoms with E-state index in [1.165, 1.54) is 32.1 Å². The van der Waals surface area contributed by atoms with Crippen molar-refractivity contribution in [1.82, 2.24) is 4.90 Å². The van der Waals surface area contributed by atoms with Crippen molar-refractivity contribution >= 4 is 17.8 Å². The molecule has 0 aromatic carbocycles. The standard InChI is InChI=1S/C6H11NO4.C5H9NO/c1-7(2,3)4(5(8)9)6(10)11;1-4-5(7)6(2)3/h4H,1-3H3,(H-,8,9,10,11);4H,1H2,2-3H3. The highest BCUT2D eigenvalue weighted by Crippen LogP contribution is 2.01. The molecule has 0 aliphatic heterocycles. The van der Waals surface area contributed by atoms with Crippen LogP contribution in [0.2, 0.25) is 0 Å². The van der Waals surface area contributed by atoms with E-state index in [1.54, 1.807) is 14.1 Å². The highest BCUT2D eigenvalue weighted by molar-refractivity contribution is 5.94. The molecule has 0 heterocycles. The van der Waals surface area contributed by atoms with Gasteiger partial charge in [0, 0.05) is 14.1 Å². The number of carboxylic acids is 2. The van der Waals surface area contributed by atoms with E-state index in [0.29, 0.717) is 0 Å². The molecule has 7 heteroatoms. The van der Waals surface area contributed by atoms with Crippen LogP contribution < -0.4 is 5.11 Å². The summed E-state index contributed by atoms with van der Waals surface area (Å²) in [5, 5.41) is 18.7. The number of aliphatic carboxylic acids is 2. The Kier molecular flexibility index (Phi) is 7.63. The Balaban J connectivity index is 0. The van der Waals surface area contributed by atoms with E-state index in [9.17, 15) is 19.5 Å². The van der Waals surface area contributed by atoms with Crippen LogP contribution in [0.25, 0.3) is 0 Å². The molecule has 0 bridgehead atoms. The van der Waals surface area contributed by atoms with E-state index in [4.69, 9.17) is 5.11 Å². The van der Waals surface area contributed by atoms with Crippen LogP contribution in [0.1, 0.15) is 0 Å². The Morgan fingerprint density at radius 1 is 1.28 bits per heavy atom. The van der Waals surface area contributed by atoms with Gasteiger partial charge in [-0.1, -0.05) is 6.58 Å². The van der Waals surface area contributed by atoms with Gasteiger partial charge in [-0.3, -0.25) is 4.79 Å². The molecule has 0 rings (SSSR count). The SMILES string of the molecule is C=CC(=O)N(C)C.C[N+](C)(C)C(C(=O)[O-])C(=O)O. The quantitative estimate of drug-likeness (QED) is 0.364. The van der Waals surface area contributed by atoms with Gasteiger partial charge in [0.15, 0.2) is 0 Å². The summed E-state index contributed by atoms with van der Waals surface area (Å²) in [6.45, 7) is 3.29. The van der Waals surface area contributed by atoms with E-state index in [-0.39, 0.29) is 10.4 Å². The number of carboxylic acid groups (broad SMARTS) is 2. The van der Waals surface area contributed by atoms with Gasteiger partial charge in [-0.05, 0) is 6.08 Å². The minimum atomic E-state index is -1.56. The summed E-state index contributed by atoms with van der Waals surface area (Å²) >= 11 is 0. The molecule has 0 saturated carbocycles. The Labute approximate surface area is 107 Å². The number of rotatable bonds is 4. The van der Waals surface area contributed by atoms with Crippen molar-refractivity contribution in [2.75, 3.05) is 35.2 Å². The number of hydrogen-bond donors (Lipinski definition) is 1. The lowest BCUT2D eigenvalue weighted by atomic mass is 10.2. The summed E-state index contributed by atoms with van der Waals surface area (Å²) in [7, 11) is 7.81. The van der Waals surface area contributed by atoms with Gasteiger partial charge in [0.05, 0.1) is 21.1 Å². The van der Waals surface area contributed by atoms with Crippen LogP contribution in [0.15, 0.2) is 12.7 Å². The van der Waals surface area contributed by atoms with E-state index < -0.39 is 18.0 Å².